The summed E-state index contributed by atoms with van der Waals surface area (Å²) in [6, 6.07) is 3.98. The summed E-state index contributed by atoms with van der Waals surface area (Å²) in [7, 11) is 0. The number of fused-ring (bicyclic) bond motifs is 1. The molecule has 22 heavy (non-hydrogen) atoms. The molecule has 0 unspecified atom stereocenters. The Morgan fingerprint density at radius 3 is 3.18 bits per heavy atom. The van der Waals surface area contributed by atoms with Crippen LogP contribution >= 0.6 is 11.3 Å². The molecule has 1 fully saturated rings. The Labute approximate surface area is 135 Å². The van der Waals surface area contributed by atoms with Crippen molar-refractivity contribution in [2.75, 3.05) is 19.7 Å². The lowest BCUT2D eigenvalue weighted by molar-refractivity contribution is -0.0261. The molecule has 0 spiro atoms. The lowest BCUT2D eigenvalue weighted by Gasteiger charge is -2.33. The minimum atomic E-state index is 0.0977. The number of thiophene rings is 1. The predicted molar refractivity (Wildman–Crippen MR) is 90.5 cm³/mol. The van der Waals surface area contributed by atoms with Crippen LogP contribution in [0.25, 0.3) is 10.2 Å². The number of carbonyl (C=O) groups is 1. The van der Waals surface area contributed by atoms with Crippen LogP contribution in [0.4, 0.5) is 0 Å². The molecule has 1 N–H and O–H groups in total. The lowest BCUT2D eigenvalue weighted by atomic mass is 10.0. The van der Waals surface area contributed by atoms with Crippen molar-refractivity contribution in [3.05, 3.63) is 23.2 Å². The van der Waals surface area contributed by atoms with Crippen molar-refractivity contribution in [2.24, 2.45) is 5.92 Å². The molecule has 0 aromatic carbocycles. The Hall–Kier alpha value is -1.33. The lowest BCUT2D eigenvalue weighted by Crippen LogP contribution is -2.45. The van der Waals surface area contributed by atoms with E-state index in [1.165, 1.54) is 12.8 Å². The predicted octanol–water partition coefficient (Wildman–Crippen LogP) is 3.90. The van der Waals surface area contributed by atoms with Gasteiger partial charge in [0.1, 0.15) is 5.69 Å². The molecular weight excluding hydrogens is 296 g/mol. The summed E-state index contributed by atoms with van der Waals surface area (Å²) in [4.78, 5) is 17.8. The van der Waals surface area contributed by atoms with Gasteiger partial charge in [-0.05, 0) is 29.9 Å². The number of nitrogens with zero attached hydrogens (tertiary/aromatic N) is 1. The number of nitrogens with one attached hydrogen (secondary N) is 1. The van der Waals surface area contributed by atoms with Crippen LogP contribution in [-0.4, -0.2) is 41.6 Å². The zero-order valence-electron chi connectivity index (χ0n) is 13.3. The zero-order valence-corrected chi connectivity index (χ0v) is 14.1. The van der Waals surface area contributed by atoms with Gasteiger partial charge in [-0.1, -0.05) is 26.7 Å². The second kappa shape index (κ2) is 6.84. The summed E-state index contributed by atoms with van der Waals surface area (Å²) in [6.45, 7) is 6.53. The third kappa shape index (κ3) is 3.52. The van der Waals surface area contributed by atoms with E-state index in [9.17, 15) is 4.79 Å². The number of hydrogen-bond donors (Lipinski definition) is 1. The van der Waals surface area contributed by atoms with Gasteiger partial charge in [-0.2, -0.15) is 0 Å². The van der Waals surface area contributed by atoms with E-state index in [0.717, 1.165) is 22.6 Å². The average molecular weight is 320 g/mol. The molecule has 1 amide bonds. The molecule has 3 heterocycles. The van der Waals surface area contributed by atoms with Gasteiger partial charge in [-0.3, -0.25) is 4.79 Å². The van der Waals surface area contributed by atoms with Crippen LogP contribution in [0.15, 0.2) is 17.5 Å². The number of H-pyrrole nitrogens is 1. The van der Waals surface area contributed by atoms with Crippen LogP contribution in [0.5, 0.6) is 0 Å². The van der Waals surface area contributed by atoms with E-state index >= 15 is 0 Å². The Kier molecular flexibility index (Phi) is 4.84. The molecule has 1 aliphatic rings. The zero-order chi connectivity index (χ0) is 15.5. The van der Waals surface area contributed by atoms with E-state index in [4.69, 9.17) is 4.74 Å². The maximum atomic E-state index is 12.6. The van der Waals surface area contributed by atoms with Crippen LogP contribution in [0.2, 0.25) is 0 Å². The van der Waals surface area contributed by atoms with Crippen LogP contribution < -0.4 is 0 Å². The molecule has 2 aromatic rings. The van der Waals surface area contributed by atoms with Gasteiger partial charge in [0.05, 0.1) is 22.9 Å². The summed E-state index contributed by atoms with van der Waals surface area (Å²) < 4.78 is 6.96. The average Bonchev–Trinajstić information content (AvgIpc) is 3.07. The molecule has 1 aliphatic heterocycles. The molecule has 0 bridgehead atoms. The highest BCUT2D eigenvalue weighted by Crippen LogP contribution is 2.23. The highest BCUT2D eigenvalue weighted by Gasteiger charge is 2.25. The van der Waals surface area contributed by atoms with Gasteiger partial charge in [0.25, 0.3) is 5.91 Å². The van der Waals surface area contributed by atoms with Crippen molar-refractivity contribution >= 4 is 27.5 Å². The monoisotopic (exact) mass is 320 g/mol. The Bertz CT molecular complexity index is 603. The normalized spacial score (nSPS) is 19.2. The number of carbonyl (C=O) groups excluding carboxylic acids is 1. The summed E-state index contributed by atoms with van der Waals surface area (Å²) in [6.07, 6.45) is 3.62. The van der Waals surface area contributed by atoms with Crippen molar-refractivity contribution in [3.63, 3.8) is 0 Å². The fourth-order valence-corrected chi connectivity index (χ4v) is 3.75. The van der Waals surface area contributed by atoms with E-state index < -0.39 is 0 Å². The molecule has 1 atom stereocenters. The SMILES string of the molecule is CC(C)CCC[C@H]1CN(C(=O)c2cc3sccc3[nH]2)CCO1. The first-order chi connectivity index (χ1) is 10.6. The molecule has 0 saturated carbocycles. The number of amides is 1. The first kappa shape index (κ1) is 15.6. The second-order valence-electron chi connectivity index (χ2n) is 6.45. The third-order valence-corrected chi connectivity index (χ3v) is 5.07. The van der Waals surface area contributed by atoms with Gasteiger partial charge >= 0.3 is 0 Å². The minimum absolute atomic E-state index is 0.0977. The van der Waals surface area contributed by atoms with Crippen LogP contribution in [0.3, 0.4) is 0 Å². The van der Waals surface area contributed by atoms with Gasteiger partial charge in [0, 0.05) is 13.1 Å². The summed E-state index contributed by atoms with van der Waals surface area (Å²) in [5.74, 6) is 0.828. The molecule has 0 aliphatic carbocycles. The van der Waals surface area contributed by atoms with Gasteiger partial charge in [-0.25, -0.2) is 0 Å². The fraction of sp³-hybridized carbons (Fsp3) is 0.588. The first-order valence-electron chi connectivity index (χ1n) is 8.10. The van der Waals surface area contributed by atoms with E-state index in [-0.39, 0.29) is 12.0 Å². The first-order valence-corrected chi connectivity index (χ1v) is 8.98. The molecule has 0 radical (unpaired) electrons. The molecule has 4 nitrogen and oxygen atoms in total. The van der Waals surface area contributed by atoms with E-state index in [1.54, 1.807) is 11.3 Å². The molecule has 3 rings (SSSR count). The molecular formula is C17H24N2O2S. The van der Waals surface area contributed by atoms with Crippen molar-refractivity contribution < 1.29 is 9.53 Å². The highest BCUT2D eigenvalue weighted by atomic mass is 32.1. The van der Waals surface area contributed by atoms with E-state index in [0.29, 0.717) is 25.4 Å². The van der Waals surface area contributed by atoms with Gasteiger partial charge in [0.15, 0.2) is 0 Å². The standard InChI is InChI=1S/C17H24N2O2S/c1-12(2)4-3-5-13-11-19(7-8-21-13)17(20)15-10-16-14(18-15)6-9-22-16/h6,9-10,12-13,18H,3-5,7-8,11H2,1-2H3/t13-/m0/s1. The topological polar surface area (TPSA) is 45.3 Å². The fourth-order valence-electron chi connectivity index (χ4n) is 2.97. The molecule has 1 saturated heterocycles. The minimum Gasteiger partial charge on any atom is -0.375 e. The van der Waals surface area contributed by atoms with Crippen LogP contribution in [0, 0.1) is 5.92 Å². The number of rotatable bonds is 5. The summed E-state index contributed by atoms with van der Waals surface area (Å²) in [5, 5.41) is 2.04. The highest BCUT2D eigenvalue weighted by molar-refractivity contribution is 7.17. The molecule has 2 aromatic heterocycles. The second-order valence-corrected chi connectivity index (χ2v) is 7.40. The quantitative estimate of drug-likeness (QED) is 0.908. The largest absolute Gasteiger partial charge is 0.375 e. The van der Waals surface area contributed by atoms with Gasteiger partial charge in [-0.15, -0.1) is 11.3 Å². The Balaban J connectivity index is 1.59. The third-order valence-electron chi connectivity index (χ3n) is 4.20. The Morgan fingerprint density at radius 1 is 1.55 bits per heavy atom. The number of aromatic nitrogens is 1. The maximum Gasteiger partial charge on any atom is 0.270 e. The van der Waals surface area contributed by atoms with Crippen molar-refractivity contribution in [2.45, 2.75) is 39.2 Å². The smallest absolute Gasteiger partial charge is 0.270 e. The van der Waals surface area contributed by atoms with Crippen molar-refractivity contribution in [3.8, 4) is 0 Å². The number of aromatic amines is 1. The van der Waals surface area contributed by atoms with Gasteiger partial charge in [0.2, 0.25) is 0 Å². The Morgan fingerprint density at radius 2 is 2.41 bits per heavy atom. The number of hydrogen-bond acceptors (Lipinski definition) is 3. The van der Waals surface area contributed by atoms with Crippen LogP contribution in [0.1, 0.15) is 43.6 Å². The maximum absolute atomic E-state index is 12.6. The number of ether oxygens (including phenoxy) is 1. The van der Waals surface area contributed by atoms with Crippen molar-refractivity contribution in [1.82, 2.24) is 9.88 Å². The summed E-state index contributed by atoms with van der Waals surface area (Å²) >= 11 is 1.66. The van der Waals surface area contributed by atoms with E-state index in [1.807, 2.05) is 22.4 Å². The van der Waals surface area contributed by atoms with Crippen molar-refractivity contribution in [1.29, 1.82) is 0 Å². The van der Waals surface area contributed by atoms with Gasteiger partial charge < -0.3 is 14.6 Å². The molecule has 120 valence electrons. The van der Waals surface area contributed by atoms with E-state index in [2.05, 4.69) is 18.8 Å². The number of morpholine rings is 1. The summed E-state index contributed by atoms with van der Waals surface area (Å²) in [5.41, 5.74) is 1.75. The van der Waals surface area contributed by atoms with Crippen LogP contribution in [-0.2, 0) is 4.74 Å². The molecule has 5 heteroatoms.